The molecule has 0 aliphatic heterocycles. The summed E-state index contributed by atoms with van der Waals surface area (Å²) >= 11 is 0. The maximum Gasteiger partial charge on any atom is 0.329 e. The third-order valence-electron chi connectivity index (χ3n) is 6.81. The third-order valence-corrected chi connectivity index (χ3v) is 8.30. The lowest BCUT2D eigenvalue weighted by atomic mass is 10.0. The van der Waals surface area contributed by atoms with Gasteiger partial charge < -0.3 is 14.6 Å². The van der Waals surface area contributed by atoms with Crippen LogP contribution >= 0.6 is 0 Å². The van der Waals surface area contributed by atoms with Gasteiger partial charge in [-0.15, -0.1) is 0 Å². The minimum absolute atomic E-state index is 0.0507. The Morgan fingerprint density at radius 1 is 0.881 bits per heavy atom. The molecule has 1 aromatic heterocycles. The summed E-state index contributed by atoms with van der Waals surface area (Å²) in [6.45, 7) is 2.11. The van der Waals surface area contributed by atoms with Crippen LogP contribution in [0, 0.1) is 6.92 Å². The average molecular weight is 581 g/mol. The van der Waals surface area contributed by atoms with E-state index in [1.54, 1.807) is 31.3 Å². The van der Waals surface area contributed by atoms with E-state index >= 15 is 0 Å². The first kappa shape index (κ1) is 28.6. The molecular formula is C33H32N4O4S. The lowest BCUT2D eigenvalue weighted by Gasteiger charge is -2.21. The van der Waals surface area contributed by atoms with Crippen molar-refractivity contribution in [3.63, 3.8) is 0 Å². The lowest BCUT2D eigenvalue weighted by molar-refractivity contribution is 0.240. The Morgan fingerprint density at radius 2 is 1.57 bits per heavy atom. The molecule has 0 unspecified atom stereocenters. The summed E-state index contributed by atoms with van der Waals surface area (Å²) in [6.07, 6.45) is 4.60. The zero-order valence-corrected chi connectivity index (χ0v) is 24.0. The molecule has 5 aromatic rings. The molecule has 4 aromatic carbocycles. The van der Waals surface area contributed by atoms with Crippen LogP contribution in [-0.4, -0.2) is 24.0 Å². The molecule has 5 rings (SSSR count). The van der Waals surface area contributed by atoms with Crippen molar-refractivity contribution in [3.05, 3.63) is 144 Å². The second-order valence-corrected chi connectivity index (χ2v) is 11.5. The number of amides is 2. The molecule has 0 aliphatic carbocycles. The van der Waals surface area contributed by atoms with Crippen LogP contribution in [0.5, 0.6) is 5.75 Å². The Hall–Kier alpha value is -4.89. The van der Waals surface area contributed by atoms with Crippen molar-refractivity contribution < 1.29 is 17.9 Å². The number of carbonyl (C=O) groups is 1. The number of ether oxygens (including phenoxy) is 1. The first-order chi connectivity index (χ1) is 20.4. The van der Waals surface area contributed by atoms with Gasteiger partial charge in [-0.1, -0.05) is 84.9 Å². The molecule has 8 nitrogen and oxygen atoms in total. The van der Waals surface area contributed by atoms with Crippen LogP contribution < -0.4 is 14.8 Å². The number of rotatable bonds is 11. The van der Waals surface area contributed by atoms with Crippen molar-refractivity contribution in [1.82, 2.24) is 19.6 Å². The number of sulfonamides is 1. The Morgan fingerprint density at radius 3 is 2.31 bits per heavy atom. The molecular weight excluding hydrogens is 548 g/mol. The second kappa shape index (κ2) is 13.2. The number of aromatic nitrogens is 2. The van der Waals surface area contributed by atoms with Gasteiger partial charge in [-0.25, -0.2) is 22.9 Å². The largest absolute Gasteiger partial charge is 0.489 e. The van der Waals surface area contributed by atoms with Gasteiger partial charge in [-0.05, 0) is 54.7 Å². The van der Waals surface area contributed by atoms with E-state index in [2.05, 4.69) is 15.0 Å². The van der Waals surface area contributed by atoms with E-state index in [0.717, 1.165) is 16.8 Å². The molecule has 1 heterocycles. The predicted octanol–water partition coefficient (Wildman–Crippen LogP) is 6.12. The molecule has 0 saturated heterocycles. The molecule has 0 radical (unpaired) electrons. The zero-order valence-electron chi connectivity index (χ0n) is 23.2. The highest BCUT2D eigenvalue weighted by molar-refractivity contribution is 7.90. The van der Waals surface area contributed by atoms with Gasteiger partial charge >= 0.3 is 6.03 Å². The highest BCUT2D eigenvalue weighted by Gasteiger charge is 2.24. The molecule has 0 saturated carbocycles. The minimum atomic E-state index is -4.07. The van der Waals surface area contributed by atoms with E-state index < -0.39 is 22.1 Å². The number of carbonyl (C=O) groups excluding carboxylic acids is 1. The molecule has 1 atom stereocenters. The molecule has 2 amide bonds. The smallest absolute Gasteiger partial charge is 0.329 e. The fourth-order valence-electron chi connectivity index (χ4n) is 4.70. The number of hydrogen-bond acceptors (Lipinski definition) is 5. The van der Waals surface area contributed by atoms with E-state index in [1.807, 2.05) is 95.7 Å². The van der Waals surface area contributed by atoms with E-state index in [0.29, 0.717) is 36.6 Å². The summed E-state index contributed by atoms with van der Waals surface area (Å²) in [5.41, 5.74) is 3.49. The van der Waals surface area contributed by atoms with Crippen molar-refractivity contribution in [2.24, 2.45) is 0 Å². The fraction of sp³-hybridized carbons (Fsp3) is 0.152. The molecule has 9 heteroatoms. The third kappa shape index (κ3) is 7.24. The average Bonchev–Trinajstić information content (AvgIpc) is 3.49. The number of aryl methyl sites for hydroxylation is 2. The number of hydrogen-bond donors (Lipinski definition) is 2. The molecule has 0 fully saturated rings. The maximum absolute atomic E-state index is 13.1. The zero-order chi connectivity index (χ0) is 29.4. The molecule has 0 aliphatic rings. The van der Waals surface area contributed by atoms with Crippen LogP contribution in [0.2, 0.25) is 0 Å². The van der Waals surface area contributed by atoms with Gasteiger partial charge in [-0.2, -0.15) is 0 Å². The van der Waals surface area contributed by atoms with Crippen LogP contribution in [0.15, 0.2) is 126 Å². The minimum Gasteiger partial charge on any atom is -0.489 e. The van der Waals surface area contributed by atoms with Crippen molar-refractivity contribution in [2.45, 2.75) is 37.3 Å². The molecule has 214 valence electrons. The predicted molar refractivity (Wildman–Crippen MR) is 162 cm³/mol. The van der Waals surface area contributed by atoms with Gasteiger partial charge in [0.25, 0.3) is 10.0 Å². The Labute approximate surface area is 246 Å². The quantitative estimate of drug-likeness (QED) is 0.196. The van der Waals surface area contributed by atoms with Crippen LogP contribution in [0.1, 0.15) is 35.0 Å². The summed E-state index contributed by atoms with van der Waals surface area (Å²) in [6, 6.07) is 32.5. The topological polar surface area (TPSA) is 102 Å². The SMILES string of the molecule is Cc1ccccc1S(=O)(=O)NC(=O)N[C@@H](CCc1ccccc1)c1nccn1-c1cccc(OCc2ccccc2)c1. The lowest BCUT2D eigenvalue weighted by Crippen LogP contribution is -2.42. The number of benzene rings is 4. The summed E-state index contributed by atoms with van der Waals surface area (Å²) in [5.74, 6) is 1.25. The summed E-state index contributed by atoms with van der Waals surface area (Å²) in [7, 11) is -4.07. The monoisotopic (exact) mass is 580 g/mol. The first-order valence-electron chi connectivity index (χ1n) is 13.6. The van der Waals surface area contributed by atoms with E-state index in [4.69, 9.17) is 4.74 Å². The summed E-state index contributed by atoms with van der Waals surface area (Å²) in [4.78, 5) is 17.8. The van der Waals surface area contributed by atoms with E-state index in [9.17, 15) is 13.2 Å². The Bertz CT molecular complexity index is 1740. The first-order valence-corrected chi connectivity index (χ1v) is 15.1. The van der Waals surface area contributed by atoms with Gasteiger partial charge in [0.2, 0.25) is 0 Å². The van der Waals surface area contributed by atoms with Gasteiger partial charge in [-0.3, -0.25) is 0 Å². The standard InChI is InChI=1S/C33H32N4O4S/c1-25-11-8-9-18-31(25)42(39,40)36-33(38)35-30(20-19-26-12-4-2-5-13-26)32-34-21-22-37(32)28-16-10-17-29(23-28)41-24-27-14-6-3-7-15-27/h2-18,21-23,30H,19-20,24H2,1H3,(H2,35,36,38)/t30-/m0/s1. The molecule has 0 bridgehead atoms. The van der Waals surface area contributed by atoms with Crippen molar-refractivity contribution in [2.75, 3.05) is 0 Å². The van der Waals surface area contributed by atoms with Gasteiger partial charge in [0.15, 0.2) is 0 Å². The van der Waals surface area contributed by atoms with Gasteiger partial charge in [0.1, 0.15) is 18.2 Å². The Kier molecular flexibility index (Phi) is 8.99. The van der Waals surface area contributed by atoms with Gasteiger partial charge in [0, 0.05) is 18.5 Å². The van der Waals surface area contributed by atoms with Crippen LogP contribution in [0.3, 0.4) is 0 Å². The van der Waals surface area contributed by atoms with Crippen molar-refractivity contribution >= 4 is 16.1 Å². The van der Waals surface area contributed by atoms with Crippen LogP contribution in [0.4, 0.5) is 4.79 Å². The normalized spacial score (nSPS) is 11.9. The highest BCUT2D eigenvalue weighted by atomic mass is 32.2. The van der Waals surface area contributed by atoms with E-state index in [1.165, 1.54) is 6.07 Å². The van der Waals surface area contributed by atoms with Crippen molar-refractivity contribution in [3.8, 4) is 11.4 Å². The Balaban J connectivity index is 1.38. The van der Waals surface area contributed by atoms with Crippen molar-refractivity contribution in [1.29, 1.82) is 0 Å². The van der Waals surface area contributed by atoms with Crippen LogP contribution in [-0.2, 0) is 23.1 Å². The highest BCUT2D eigenvalue weighted by Crippen LogP contribution is 2.25. The number of urea groups is 1. The van der Waals surface area contributed by atoms with E-state index in [-0.39, 0.29) is 4.90 Å². The number of imidazole rings is 1. The fourth-order valence-corrected chi connectivity index (χ4v) is 5.86. The molecule has 2 N–H and O–H groups in total. The summed E-state index contributed by atoms with van der Waals surface area (Å²) < 4.78 is 36.1. The second-order valence-electron chi connectivity index (χ2n) is 9.85. The summed E-state index contributed by atoms with van der Waals surface area (Å²) in [5, 5.41) is 2.86. The van der Waals surface area contributed by atoms with Gasteiger partial charge in [0.05, 0.1) is 16.6 Å². The molecule has 42 heavy (non-hydrogen) atoms. The molecule has 0 spiro atoms. The maximum atomic E-state index is 13.1. The number of nitrogens with zero attached hydrogens (tertiary/aromatic N) is 2. The number of nitrogens with one attached hydrogen (secondary N) is 2. The van der Waals surface area contributed by atoms with Crippen LogP contribution in [0.25, 0.3) is 5.69 Å².